The van der Waals surface area contributed by atoms with Crippen LogP contribution in [-0.4, -0.2) is 0 Å². The molecule has 0 aliphatic carbocycles. The third-order valence-electron chi connectivity index (χ3n) is 6.56. The molecule has 0 N–H and O–H groups in total. The number of hydrogen-bond acceptors (Lipinski definition) is 7. The van der Waals surface area contributed by atoms with E-state index in [1.54, 1.807) is 0 Å². The third kappa shape index (κ3) is 4.88. The van der Waals surface area contributed by atoms with E-state index in [4.69, 9.17) is 0 Å². The Balaban J connectivity index is 1.38. The van der Waals surface area contributed by atoms with Crippen molar-refractivity contribution < 1.29 is 0 Å². The minimum absolute atomic E-state index is 1.35. The van der Waals surface area contributed by atoms with E-state index in [9.17, 15) is 0 Å². The fourth-order valence-electron chi connectivity index (χ4n) is 4.72. The van der Waals surface area contributed by atoms with Crippen molar-refractivity contribution in [1.82, 2.24) is 0 Å². The Bertz CT molecular complexity index is 1670. The van der Waals surface area contributed by atoms with Gasteiger partial charge in [-0.1, -0.05) is 0 Å². The number of aryl methyl sites for hydroxylation is 4. The van der Waals surface area contributed by atoms with E-state index in [1.165, 1.54) is 80.1 Å². The van der Waals surface area contributed by atoms with E-state index in [2.05, 4.69) is 99.8 Å². The van der Waals surface area contributed by atoms with Crippen LogP contribution in [0.25, 0.3) is 60.6 Å². The van der Waals surface area contributed by atoms with Crippen molar-refractivity contribution in [2.24, 2.45) is 0 Å². The van der Waals surface area contributed by atoms with E-state index in [0.717, 1.165) is 0 Å². The predicted molar refractivity (Wildman–Crippen MR) is 183 cm³/mol. The van der Waals surface area contributed by atoms with Crippen molar-refractivity contribution in [2.75, 3.05) is 0 Å². The monoisotopic (exact) mass is 632 g/mol. The molecule has 0 aromatic carbocycles. The first kappa shape index (κ1) is 25.8. The summed E-state index contributed by atoms with van der Waals surface area (Å²) in [7, 11) is 0. The molecular formula is C32H24S7. The second kappa shape index (κ2) is 10.4. The maximum absolute atomic E-state index is 2.44. The molecule has 7 heteroatoms. The van der Waals surface area contributed by atoms with Gasteiger partial charge in [0, 0.05) is 65.5 Å². The molecule has 0 atom stereocenters. The predicted octanol–water partition coefficient (Wildman–Crippen LogP) is 13.4. The average Bonchev–Trinajstić information content (AvgIpc) is 3.73. The Kier molecular flexibility index (Phi) is 6.88. The molecule has 0 bridgehead atoms. The fourth-order valence-corrected chi connectivity index (χ4v) is 12.1. The first-order valence-corrected chi connectivity index (χ1v) is 18.3. The number of hydrogen-bond donors (Lipinski definition) is 0. The van der Waals surface area contributed by atoms with Crippen molar-refractivity contribution in [3.05, 3.63) is 91.6 Å². The molecule has 39 heavy (non-hydrogen) atoms. The van der Waals surface area contributed by atoms with Gasteiger partial charge in [0.25, 0.3) is 0 Å². The Hall–Kier alpha value is -2.10. The highest BCUT2D eigenvalue weighted by Crippen LogP contribution is 2.53. The molecule has 0 saturated carbocycles. The summed E-state index contributed by atoms with van der Waals surface area (Å²) in [5.41, 5.74) is 4.08. The summed E-state index contributed by atoms with van der Waals surface area (Å²) in [6, 6.07) is 25.3. The van der Waals surface area contributed by atoms with Crippen molar-refractivity contribution in [3.63, 3.8) is 0 Å². The maximum Gasteiger partial charge on any atom is 0.0536 e. The molecular weight excluding hydrogens is 609 g/mol. The Labute approximate surface area is 257 Å². The minimum atomic E-state index is 1.35. The molecule has 7 aromatic heterocycles. The molecule has 0 saturated heterocycles. The molecule has 0 aliphatic rings. The lowest BCUT2D eigenvalue weighted by molar-refractivity contribution is 1.64. The summed E-state index contributed by atoms with van der Waals surface area (Å²) in [5, 5.41) is 2.26. The second-order valence-corrected chi connectivity index (χ2v) is 17.7. The smallest absolute Gasteiger partial charge is 0.0536 e. The quantitative estimate of drug-likeness (QED) is 0.171. The molecule has 0 fully saturated rings. The molecule has 7 rings (SSSR count). The van der Waals surface area contributed by atoms with E-state index in [1.807, 2.05) is 79.4 Å². The van der Waals surface area contributed by atoms with Gasteiger partial charge in [-0.2, -0.15) is 0 Å². The minimum Gasteiger partial charge on any atom is -0.142 e. The zero-order valence-electron chi connectivity index (χ0n) is 21.8. The van der Waals surface area contributed by atoms with Crippen molar-refractivity contribution in [3.8, 4) is 60.6 Å². The molecule has 0 radical (unpaired) electrons. The van der Waals surface area contributed by atoms with Crippen LogP contribution in [0.4, 0.5) is 0 Å². The maximum atomic E-state index is 2.44. The zero-order valence-corrected chi connectivity index (χ0v) is 27.5. The first-order chi connectivity index (χ1) is 18.9. The number of thiophene rings is 7. The summed E-state index contributed by atoms with van der Waals surface area (Å²) < 4.78 is 0. The Morgan fingerprint density at radius 3 is 1.26 bits per heavy atom. The lowest BCUT2D eigenvalue weighted by atomic mass is 10.1. The van der Waals surface area contributed by atoms with Crippen LogP contribution in [-0.2, 0) is 0 Å². The topological polar surface area (TPSA) is 0 Å². The number of rotatable bonds is 6. The lowest BCUT2D eigenvalue weighted by Crippen LogP contribution is -1.72. The summed E-state index contributed by atoms with van der Waals surface area (Å²) in [4.78, 5) is 17.7. The van der Waals surface area contributed by atoms with Crippen LogP contribution in [0, 0.1) is 27.7 Å². The van der Waals surface area contributed by atoms with Gasteiger partial charge in [0.2, 0.25) is 0 Å². The van der Waals surface area contributed by atoms with Gasteiger partial charge in [-0.3, -0.25) is 0 Å². The van der Waals surface area contributed by atoms with Gasteiger partial charge in [-0.25, -0.2) is 0 Å². The Morgan fingerprint density at radius 2 is 0.795 bits per heavy atom. The average molecular weight is 633 g/mol. The molecule has 7 heterocycles. The Morgan fingerprint density at radius 1 is 0.359 bits per heavy atom. The van der Waals surface area contributed by atoms with Crippen LogP contribution >= 0.6 is 79.4 Å². The van der Waals surface area contributed by atoms with E-state index >= 15 is 0 Å². The van der Waals surface area contributed by atoms with Crippen LogP contribution in [0.5, 0.6) is 0 Å². The highest BCUT2D eigenvalue weighted by Gasteiger charge is 2.22. The van der Waals surface area contributed by atoms with Crippen molar-refractivity contribution in [2.45, 2.75) is 27.7 Å². The van der Waals surface area contributed by atoms with Crippen LogP contribution in [0.3, 0.4) is 0 Å². The second-order valence-electron chi connectivity index (χ2n) is 9.51. The van der Waals surface area contributed by atoms with Gasteiger partial charge in [0.05, 0.1) is 14.6 Å². The SMILES string of the molecule is Cc1ccc(-c2cc(-c3ccsc3-c3cc(-c4ccc(C)s4)c(-c4ccc(C)s4)s3)sc2-c2ccc(C)s2)s1. The summed E-state index contributed by atoms with van der Waals surface area (Å²) in [6.07, 6.45) is 0. The van der Waals surface area contributed by atoms with Crippen LogP contribution in [0.15, 0.2) is 72.1 Å². The van der Waals surface area contributed by atoms with Crippen molar-refractivity contribution >= 4 is 79.4 Å². The van der Waals surface area contributed by atoms with E-state index < -0.39 is 0 Å². The molecule has 7 aromatic rings. The normalized spacial score (nSPS) is 11.6. The molecule has 0 aliphatic heterocycles. The summed E-state index contributed by atoms with van der Waals surface area (Å²) in [6.45, 7) is 8.80. The lowest BCUT2D eigenvalue weighted by Gasteiger charge is -1.99. The largest absolute Gasteiger partial charge is 0.142 e. The zero-order chi connectivity index (χ0) is 26.7. The van der Waals surface area contributed by atoms with Crippen LogP contribution in [0.2, 0.25) is 0 Å². The highest BCUT2D eigenvalue weighted by atomic mass is 32.1. The van der Waals surface area contributed by atoms with Gasteiger partial charge in [0.1, 0.15) is 0 Å². The molecule has 0 nitrogen and oxygen atoms in total. The molecule has 194 valence electrons. The molecule has 0 spiro atoms. The third-order valence-corrected chi connectivity index (χ3v) is 14.4. The van der Waals surface area contributed by atoms with Crippen molar-refractivity contribution in [1.29, 1.82) is 0 Å². The van der Waals surface area contributed by atoms with E-state index in [-0.39, 0.29) is 0 Å². The van der Waals surface area contributed by atoms with Gasteiger partial charge in [-0.05, 0) is 99.8 Å². The molecule has 0 unspecified atom stereocenters. The van der Waals surface area contributed by atoms with Gasteiger partial charge in [0.15, 0.2) is 0 Å². The fraction of sp³-hybridized carbons (Fsp3) is 0.125. The standard InChI is InChI=1S/C32H24S7/c1-17-5-9-24(34-17)22-15-28(38-31(22)26-11-7-19(3)36-26)21-13-14-33-30(21)29-16-23(25-10-6-18(2)35-25)32(39-29)27-12-8-20(4)37-27/h5-16H,1-4H3. The van der Waals surface area contributed by atoms with Crippen LogP contribution < -0.4 is 0 Å². The van der Waals surface area contributed by atoms with Gasteiger partial charge < -0.3 is 0 Å². The van der Waals surface area contributed by atoms with Gasteiger partial charge in [-0.15, -0.1) is 79.4 Å². The molecule has 0 amide bonds. The van der Waals surface area contributed by atoms with Crippen LogP contribution in [0.1, 0.15) is 19.5 Å². The first-order valence-electron chi connectivity index (χ1n) is 12.6. The van der Waals surface area contributed by atoms with Gasteiger partial charge >= 0.3 is 0 Å². The highest BCUT2D eigenvalue weighted by molar-refractivity contribution is 7.28. The van der Waals surface area contributed by atoms with E-state index in [0.29, 0.717) is 0 Å². The summed E-state index contributed by atoms with van der Waals surface area (Å²) >= 11 is 13.3. The summed E-state index contributed by atoms with van der Waals surface area (Å²) in [5.74, 6) is 0.